The third kappa shape index (κ3) is 4.92. The van der Waals surface area contributed by atoms with E-state index in [4.69, 9.17) is 11.6 Å². The predicted octanol–water partition coefficient (Wildman–Crippen LogP) is 0.0610. The van der Waals surface area contributed by atoms with Gasteiger partial charge in [-0.15, -0.1) is 0 Å². The molecule has 6 N–H and O–H groups in total. The standard InChI is InChI=1S/C12H19N5O2/c1-8-6-10(17-14)9(7-16-8)12(19)15-5-3-2-4-11(13)18/h6-7H,2-5,14H2,1H3,(H2,13,18)(H,15,19)(H,16,17). The Morgan fingerprint density at radius 2 is 2.11 bits per heavy atom. The van der Waals surface area contributed by atoms with Crippen molar-refractivity contribution >= 4 is 17.5 Å². The van der Waals surface area contributed by atoms with Crippen LogP contribution in [0.2, 0.25) is 0 Å². The van der Waals surface area contributed by atoms with Gasteiger partial charge in [-0.05, 0) is 25.8 Å². The third-order valence-electron chi connectivity index (χ3n) is 2.58. The van der Waals surface area contributed by atoms with Gasteiger partial charge in [0.15, 0.2) is 0 Å². The quantitative estimate of drug-likeness (QED) is 0.315. The average Bonchev–Trinajstić information content (AvgIpc) is 2.37. The first-order chi connectivity index (χ1) is 9.04. The molecule has 0 unspecified atom stereocenters. The number of anilines is 1. The number of nitrogens with two attached hydrogens (primary N) is 2. The molecule has 0 aliphatic rings. The highest BCUT2D eigenvalue weighted by Gasteiger charge is 2.11. The van der Waals surface area contributed by atoms with Crippen LogP contribution in [0.25, 0.3) is 0 Å². The molecule has 1 aromatic rings. The molecule has 1 aromatic heterocycles. The van der Waals surface area contributed by atoms with Crippen molar-refractivity contribution in [2.45, 2.75) is 26.2 Å². The zero-order valence-corrected chi connectivity index (χ0v) is 10.9. The van der Waals surface area contributed by atoms with Gasteiger partial charge in [0.2, 0.25) is 5.91 Å². The van der Waals surface area contributed by atoms with E-state index in [-0.39, 0.29) is 11.8 Å². The van der Waals surface area contributed by atoms with E-state index in [0.29, 0.717) is 37.1 Å². The number of nitrogens with zero attached hydrogens (tertiary/aromatic N) is 1. The van der Waals surface area contributed by atoms with Gasteiger partial charge < -0.3 is 16.5 Å². The number of hydrazine groups is 1. The van der Waals surface area contributed by atoms with Crippen LogP contribution in [0.4, 0.5) is 5.69 Å². The molecule has 0 saturated carbocycles. The number of rotatable bonds is 7. The predicted molar refractivity (Wildman–Crippen MR) is 72.2 cm³/mol. The molecule has 7 nitrogen and oxygen atoms in total. The Morgan fingerprint density at radius 1 is 1.37 bits per heavy atom. The molecule has 1 heterocycles. The van der Waals surface area contributed by atoms with Crippen molar-refractivity contribution in [1.82, 2.24) is 10.3 Å². The number of aryl methyl sites for hydroxylation is 1. The Balaban J connectivity index is 2.47. The summed E-state index contributed by atoms with van der Waals surface area (Å²) in [6, 6.07) is 1.70. The molecule has 0 aliphatic heterocycles. The summed E-state index contributed by atoms with van der Waals surface area (Å²) in [5, 5.41) is 2.74. The molecule has 0 aliphatic carbocycles. The van der Waals surface area contributed by atoms with Gasteiger partial charge >= 0.3 is 0 Å². The minimum atomic E-state index is -0.330. The summed E-state index contributed by atoms with van der Waals surface area (Å²) >= 11 is 0. The molecule has 0 spiro atoms. The number of carbonyl (C=O) groups is 2. The topological polar surface area (TPSA) is 123 Å². The second kappa shape index (κ2) is 7.32. The first kappa shape index (κ1) is 14.9. The Hall–Kier alpha value is -2.15. The summed E-state index contributed by atoms with van der Waals surface area (Å²) in [5.41, 5.74) is 9.18. The molecule has 7 heteroatoms. The number of hydrogen-bond donors (Lipinski definition) is 4. The van der Waals surface area contributed by atoms with Crippen molar-refractivity contribution in [2.75, 3.05) is 12.0 Å². The van der Waals surface area contributed by atoms with Crippen molar-refractivity contribution in [2.24, 2.45) is 11.6 Å². The van der Waals surface area contributed by atoms with Crippen LogP contribution >= 0.6 is 0 Å². The van der Waals surface area contributed by atoms with Crippen LogP contribution < -0.4 is 22.3 Å². The Morgan fingerprint density at radius 3 is 2.74 bits per heavy atom. The van der Waals surface area contributed by atoms with Crippen molar-refractivity contribution in [1.29, 1.82) is 0 Å². The van der Waals surface area contributed by atoms with Crippen LogP contribution in [0.3, 0.4) is 0 Å². The van der Waals surface area contributed by atoms with Crippen molar-refractivity contribution in [3.8, 4) is 0 Å². The van der Waals surface area contributed by atoms with Gasteiger partial charge in [0.05, 0.1) is 11.3 Å². The SMILES string of the molecule is Cc1cc(NN)c(C(=O)NCCCCC(N)=O)cn1. The van der Waals surface area contributed by atoms with Crippen LogP contribution in [0, 0.1) is 6.92 Å². The van der Waals surface area contributed by atoms with Crippen molar-refractivity contribution in [3.05, 3.63) is 23.5 Å². The molecule has 0 saturated heterocycles. The lowest BCUT2D eigenvalue weighted by molar-refractivity contribution is -0.118. The summed E-state index contributed by atoms with van der Waals surface area (Å²) in [5.74, 6) is 4.78. The number of aromatic nitrogens is 1. The van der Waals surface area contributed by atoms with Crippen LogP contribution in [-0.4, -0.2) is 23.3 Å². The van der Waals surface area contributed by atoms with Gasteiger partial charge in [0.1, 0.15) is 0 Å². The number of unbranched alkanes of at least 4 members (excludes halogenated alkanes) is 1. The Bertz CT molecular complexity index is 461. The Labute approximate surface area is 111 Å². The summed E-state index contributed by atoms with van der Waals surface area (Å²) < 4.78 is 0. The van der Waals surface area contributed by atoms with Crippen LogP contribution in [-0.2, 0) is 4.79 Å². The summed E-state index contributed by atoms with van der Waals surface area (Å²) in [6.45, 7) is 2.29. The number of nitrogens with one attached hydrogen (secondary N) is 2. The highest BCUT2D eigenvalue weighted by molar-refractivity contribution is 5.99. The lowest BCUT2D eigenvalue weighted by atomic mass is 10.2. The zero-order chi connectivity index (χ0) is 14.3. The fourth-order valence-electron chi connectivity index (χ4n) is 1.58. The van der Waals surface area contributed by atoms with Gasteiger partial charge in [-0.3, -0.25) is 20.4 Å². The Kier molecular flexibility index (Phi) is 5.74. The summed E-state index contributed by atoms with van der Waals surface area (Å²) in [6.07, 6.45) is 3.16. The highest BCUT2D eigenvalue weighted by atomic mass is 16.2. The highest BCUT2D eigenvalue weighted by Crippen LogP contribution is 2.14. The number of pyridine rings is 1. The molecular weight excluding hydrogens is 246 g/mol. The molecule has 0 bridgehead atoms. The maximum atomic E-state index is 11.9. The number of hydrogen-bond acceptors (Lipinski definition) is 5. The molecule has 0 atom stereocenters. The van der Waals surface area contributed by atoms with E-state index in [1.54, 1.807) is 6.07 Å². The number of carbonyl (C=O) groups excluding carboxylic acids is 2. The van der Waals surface area contributed by atoms with Crippen LogP contribution in [0.5, 0.6) is 0 Å². The molecule has 19 heavy (non-hydrogen) atoms. The average molecular weight is 265 g/mol. The molecule has 0 radical (unpaired) electrons. The molecule has 0 aromatic carbocycles. The van der Waals surface area contributed by atoms with Crippen molar-refractivity contribution in [3.63, 3.8) is 0 Å². The van der Waals surface area contributed by atoms with Gasteiger partial charge in [-0.25, -0.2) is 0 Å². The monoisotopic (exact) mass is 265 g/mol. The maximum absolute atomic E-state index is 11.9. The van der Waals surface area contributed by atoms with E-state index < -0.39 is 0 Å². The van der Waals surface area contributed by atoms with Gasteiger partial charge in [0, 0.05) is 24.9 Å². The first-order valence-electron chi connectivity index (χ1n) is 6.04. The van der Waals surface area contributed by atoms with Crippen LogP contribution in [0.15, 0.2) is 12.3 Å². The normalized spacial score (nSPS) is 10.0. The molecule has 1 rings (SSSR count). The number of amides is 2. The van der Waals surface area contributed by atoms with E-state index in [2.05, 4.69) is 15.7 Å². The van der Waals surface area contributed by atoms with Crippen LogP contribution in [0.1, 0.15) is 35.3 Å². The summed E-state index contributed by atoms with van der Waals surface area (Å²) in [7, 11) is 0. The molecular formula is C12H19N5O2. The van der Waals surface area contributed by atoms with E-state index in [9.17, 15) is 9.59 Å². The fraction of sp³-hybridized carbons (Fsp3) is 0.417. The smallest absolute Gasteiger partial charge is 0.255 e. The minimum absolute atomic E-state index is 0.250. The molecule has 0 fully saturated rings. The third-order valence-corrected chi connectivity index (χ3v) is 2.58. The van der Waals surface area contributed by atoms with Gasteiger partial charge in [-0.1, -0.05) is 0 Å². The minimum Gasteiger partial charge on any atom is -0.370 e. The lowest BCUT2D eigenvalue weighted by Gasteiger charge is -2.09. The second-order valence-corrected chi connectivity index (χ2v) is 4.19. The molecule has 2 amide bonds. The lowest BCUT2D eigenvalue weighted by Crippen LogP contribution is -2.26. The van der Waals surface area contributed by atoms with Gasteiger partial charge in [0.25, 0.3) is 5.91 Å². The van der Waals surface area contributed by atoms with Crippen molar-refractivity contribution < 1.29 is 9.59 Å². The second-order valence-electron chi connectivity index (χ2n) is 4.19. The summed E-state index contributed by atoms with van der Waals surface area (Å²) in [4.78, 5) is 26.5. The van der Waals surface area contributed by atoms with E-state index in [0.717, 1.165) is 5.69 Å². The first-order valence-corrected chi connectivity index (χ1v) is 6.04. The maximum Gasteiger partial charge on any atom is 0.255 e. The van der Waals surface area contributed by atoms with Gasteiger partial charge in [-0.2, -0.15) is 0 Å². The molecule has 104 valence electrons. The zero-order valence-electron chi connectivity index (χ0n) is 10.9. The largest absolute Gasteiger partial charge is 0.370 e. The van der Waals surface area contributed by atoms with E-state index in [1.165, 1.54) is 6.20 Å². The number of nitrogen functional groups attached to an aromatic ring is 1. The van der Waals surface area contributed by atoms with E-state index in [1.807, 2.05) is 6.92 Å². The van der Waals surface area contributed by atoms with E-state index >= 15 is 0 Å². The fourth-order valence-corrected chi connectivity index (χ4v) is 1.58. The number of primary amides is 1.